The number of hydrogen-bond donors (Lipinski definition) is 2. The molecule has 3 N–H and O–H groups in total. The maximum Gasteiger partial charge on any atom is 0.279 e. The summed E-state index contributed by atoms with van der Waals surface area (Å²) in [6.45, 7) is 3.11. The molecule has 5 nitrogen and oxygen atoms in total. The molecule has 84 valence electrons. The average Bonchev–Trinajstić information content (AvgIpc) is 2.18. The van der Waals surface area contributed by atoms with E-state index < -0.39 is 10.2 Å². The summed E-state index contributed by atoms with van der Waals surface area (Å²) >= 11 is 0. The molecule has 0 radical (unpaired) electrons. The van der Waals surface area contributed by atoms with Crippen molar-refractivity contribution in [2.75, 3.05) is 20.1 Å². The summed E-state index contributed by atoms with van der Waals surface area (Å²) in [4.78, 5) is 0. The van der Waals surface area contributed by atoms with E-state index in [1.54, 1.807) is 0 Å². The minimum absolute atomic E-state index is 0.142. The zero-order valence-corrected chi connectivity index (χ0v) is 9.55. The summed E-state index contributed by atoms with van der Waals surface area (Å²) in [7, 11) is -1.82. The highest BCUT2D eigenvalue weighted by atomic mass is 32.2. The molecule has 0 saturated carbocycles. The fraction of sp³-hybridized carbons (Fsp3) is 1.00. The number of piperidine rings is 1. The van der Waals surface area contributed by atoms with Crippen molar-refractivity contribution in [2.24, 2.45) is 11.7 Å². The lowest BCUT2D eigenvalue weighted by atomic mass is 9.92. The molecule has 1 heterocycles. The van der Waals surface area contributed by atoms with E-state index in [4.69, 9.17) is 5.73 Å². The number of nitrogens with one attached hydrogen (secondary N) is 1. The maximum atomic E-state index is 11.5. The molecule has 1 rings (SSSR count). The van der Waals surface area contributed by atoms with Crippen molar-refractivity contribution in [3.8, 4) is 0 Å². The molecule has 1 aliphatic rings. The summed E-state index contributed by atoms with van der Waals surface area (Å²) in [5, 5.41) is 0. The Morgan fingerprint density at radius 3 is 2.71 bits per heavy atom. The third-order valence-corrected chi connectivity index (χ3v) is 4.41. The predicted molar refractivity (Wildman–Crippen MR) is 55.9 cm³/mol. The Kier molecular flexibility index (Phi) is 3.88. The lowest BCUT2D eigenvalue weighted by molar-refractivity contribution is 0.229. The van der Waals surface area contributed by atoms with Crippen molar-refractivity contribution in [3.63, 3.8) is 0 Å². The molecule has 0 amide bonds. The van der Waals surface area contributed by atoms with Crippen molar-refractivity contribution < 1.29 is 8.42 Å². The van der Waals surface area contributed by atoms with E-state index in [1.807, 2.05) is 6.92 Å². The van der Waals surface area contributed by atoms with Crippen molar-refractivity contribution in [3.05, 3.63) is 0 Å². The molecule has 2 atom stereocenters. The first-order chi connectivity index (χ1) is 6.51. The predicted octanol–water partition coefficient (Wildman–Crippen LogP) is -0.490. The first kappa shape index (κ1) is 11.9. The van der Waals surface area contributed by atoms with Crippen LogP contribution in [0, 0.1) is 5.92 Å². The van der Waals surface area contributed by atoms with Crippen LogP contribution in [-0.4, -0.2) is 38.9 Å². The normalized spacial score (nSPS) is 30.5. The summed E-state index contributed by atoms with van der Waals surface area (Å²) in [6, 6.07) is 0.142. The van der Waals surface area contributed by atoms with Crippen LogP contribution in [0.15, 0.2) is 0 Å². The molecule has 14 heavy (non-hydrogen) atoms. The van der Waals surface area contributed by atoms with Crippen LogP contribution in [0.4, 0.5) is 0 Å². The minimum atomic E-state index is -3.26. The van der Waals surface area contributed by atoms with Crippen molar-refractivity contribution >= 4 is 10.2 Å². The second kappa shape index (κ2) is 4.57. The van der Waals surface area contributed by atoms with Gasteiger partial charge in [-0.05, 0) is 12.3 Å². The van der Waals surface area contributed by atoms with Crippen LogP contribution in [-0.2, 0) is 10.2 Å². The maximum absolute atomic E-state index is 11.5. The molecule has 1 aliphatic heterocycles. The molecule has 0 aliphatic carbocycles. The van der Waals surface area contributed by atoms with Gasteiger partial charge in [0.1, 0.15) is 0 Å². The molecule has 0 aromatic rings. The summed E-state index contributed by atoms with van der Waals surface area (Å²) in [5.41, 5.74) is 5.89. The molecule has 0 aromatic carbocycles. The standard InChI is InChI=1S/C8H19N3O2S/c1-3-7-6-11(5-4-8(7)9)14(12,13)10-2/h7-8,10H,3-6,9H2,1-2H3. The SMILES string of the molecule is CCC1CN(S(=O)(=O)NC)CCC1N. The van der Waals surface area contributed by atoms with Gasteiger partial charge in [-0.25, -0.2) is 4.72 Å². The van der Waals surface area contributed by atoms with E-state index in [0.717, 1.165) is 12.8 Å². The van der Waals surface area contributed by atoms with Crippen molar-refractivity contribution in [2.45, 2.75) is 25.8 Å². The van der Waals surface area contributed by atoms with Gasteiger partial charge in [0.25, 0.3) is 10.2 Å². The monoisotopic (exact) mass is 221 g/mol. The van der Waals surface area contributed by atoms with Crippen LogP contribution in [0.25, 0.3) is 0 Å². The fourth-order valence-corrected chi connectivity index (χ4v) is 2.79. The van der Waals surface area contributed by atoms with Crippen LogP contribution in [0.1, 0.15) is 19.8 Å². The quantitative estimate of drug-likeness (QED) is 0.675. The van der Waals surface area contributed by atoms with Gasteiger partial charge in [-0.3, -0.25) is 0 Å². The van der Waals surface area contributed by atoms with Gasteiger partial charge < -0.3 is 5.73 Å². The molecule has 0 spiro atoms. The Morgan fingerprint density at radius 1 is 1.57 bits per heavy atom. The Balaban J connectivity index is 2.68. The van der Waals surface area contributed by atoms with Crippen LogP contribution in [0.3, 0.4) is 0 Å². The molecule has 1 fully saturated rings. The van der Waals surface area contributed by atoms with E-state index in [0.29, 0.717) is 13.1 Å². The highest BCUT2D eigenvalue weighted by molar-refractivity contribution is 7.87. The van der Waals surface area contributed by atoms with Gasteiger partial charge >= 0.3 is 0 Å². The van der Waals surface area contributed by atoms with Crippen molar-refractivity contribution in [1.29, 1.82) is 0 Å². The van der Waals surface area contributed by atoms with Crippen molar-refractivity contribution in [1.82, 2.24) is 9.03 Å². The van der Waals surface area contributed by atoms with Crippen LogP contribution in [0.5, 0.6) is 0 Å². The lowest BCUT2D eigenvalue weighted by Gasteiger charge is -2.35. The van der Waals surface area contributed by atoms with Crippen LogP contribution < -0.4 is 10.5 Å². The van der Waals surface area contributed by atoms with E-state index >= 15 is 0 Å². The highest BCUT2D eigenvalue weighted by Gasteiger charge is 2.31. The van der Waals surface area contributed by atoms with Gasteiger partial charge in [0.05, 0.1) is 0 Å². The number of hydrogen-bond acceptors (Lipinski definition) is 3. The van der Waals surface area contributed by atoms with Crippen LogP contribution in [0.2, 0.25) is 0 Å². The minimum Gasteiger partial charge on any atom is -0.327 e. The number of nitrogens with two attached hydrogens (primary N) is 1. The third-order valence-electron chi connectivity index (χ3n) is 2.88. The van der Waals surface area contributed by atoms with E-state index in [2.05, 4.69) is 4.72 Å². The smallest absolute Gasteiger partial charge is 0.279 e. The molecule has 1 saturated heterocycles. The Morgan fingerprint density at radius 2 is 2.21 bits per heavy atom. The van der Waals surface area contributed by atoms with Gasteiger partial charge in [0, 0.05) is 26.2 Å². The molecule has 0 bridgehead atoms. The van der Waals surface area contributed by atoms with Crippen LogP contribution >= 0.6 is 0 Å². The van der Waals surface area contributed by atoms with Gasteiger partial charge in [-0.1, -0.05) is 13.3 Å². The summed E-state index contributed by atoms with van der Waals surface area (Å²) in [5.74, 6) is 0.284. The molecule has 6 heteroatoms. The van der Waals surface area contributed by atoms with Gasteiger partial charge in [0.15, 0.2) is 0 Å². The Hall–Kier alpha value is -0.170. The fourth-order valence-electron chi connectivity index (χ4n) is 1.80. The molecular weight excluding hydrogens is 202 g/mol. The molecular formula is C8H19N3O2S. The zero-order chi connectivity index (χ0) is 10.8. The Labute approximate surface area is 85.8 Å². The number of nitrogens with zero attached hydrogens (tertiary/aromatic N) is 1. The van der Waals surface area contributed by atoms with Gasteiger partial charge in [-0.2, -0.15) is 12.7 Å². The average molecular weight is 221 g/mol. The molecule has 2 unspecified atom stereocenters. The first-order valence-corrected chi connectivity index (χ1v) is 6.39. The Bertz CT molecular complexity index is 278. The molecule has 0 aromatic heterocycles. The number of rotatable bonds is 3. The third kappa shape index (κ3) is 2.44. The zero-order valence-electron chi connectivity index (χ0n) is 8.73. The summed E-state index contributed by atoms with van der Waals surface area (Å²) < 4.78 is 26.8. The van der Waals surface area contributed by atoms with E-state index in [-0.39, 0.29) is 12.0 Å². The van der Waals surface area contributed by atoms with Gasteiger partial charge in [-0.15, -0.1) is 0 Å². The topological polar surface area (TPSA) is 75.4 Å². The first-order valence-electron chi connectivity index (χ1n) is 4.95. The highest BCUT2D eigenvalue weighted by Crippen LogP contribution is 2.19. The second-order valence-corrected chi connectivity index (χ2v) is 5.56. The van der Waals surface area contributed by atoms with E-state index in [9.17, 15) is 8.42 Å². The van der Waals surface area contributed by atoms with Gasteiger partial charge in [0.2, 0.25) is 0 Å². The summed E-state index contributed by atoms with van der Waals surface area (Å²) in [6.07, 6.45) is 1.68. The van der Waals surface area contributed by atoms with E-state index in [1.165, 1.54) is 11.4 Å². The second-order valence-electron chi connectivity index (χ2n) is 3.69. The largest absolute Gasteiger partial charge is 0.327 e. The lowest BCUT2D eigenvalue weighted by Crippen LogP contribution is -2.51.